The molecule has 0 bridgehead atoms. The maximum Gasteiger partial charge on any atom is 0.248 e. The van der Waals surface area contributed by atoms with Crippen LogP contribution in [0.1, 0.15) is 19.3 Å². The first-order chi connectivity index (χ1) is 12.6. The summed E-state index contributed by atoms with van der Waals surface area (Å²) < 4.78 is 3.40. The van der Waals surface area contributed by atoms with Crippen molar-refractivity contribution in [1.82, 2.24) is 24.4 Å². The normalized spacial score (nSPS) is 22.9. The Balaban J connectivity index is 1.58. The van der Waals surface area contributed by atoms with Crippen molar-refractivity contribution in [1.29, 1.82) is 5.26 Å². The van der Waals surface area contributed by atoms with Gasteiger partial charge in [0, 0.05) is 37.6 Å². The summed E-state index contributed by atoms with van der Waals surface area (Å²) in [7, 11) is 1.85. The van der Waals surface area contributed by atoms with Crippen molar-refractivity contribution >= 4 is 17.4 Å². The maximum absolute atomic E-state index is 13.1. The van der Waals surface area contributed by atoms with E-state index in [1.165, 1.54) is 0 Å². The van der Waals surface area contributed by atoms with Crippen molar-refractivity contribution in [2.24, 2.45) is 18.4 Å². The van der Waals surface area contributed by atoms with Gasteiger partial charge < -0.3 is 0 Å². The third kappa shape index (κ3) is 2.00. The van der Waals surface area contributed by atoms with Crippen LogP contribution in [0.5, 0.6) is 0 Å². The van der Waals surface area contributed by atoms with Crippen LogP contribution in [0.3, 0.4) is 0 Å². The molecule has 130 valence electrons. The number of hydrogen-bond donors (Lipinski definition) is 0. The first-order valence-corrected chi connectivity index (χ1v) is 8.69. The van der Waals surface area contributed by atoms with Crippen LogP contribution in [-0.2, 0) is 11.8 Å². The molecule has 4 heterocycles. The summed E-state index contributed by atoms with van der Waals surface area (Å²) in [5.74, 6) is 0.757. The number of amides is 1. The molecule has 1 saturated carbocycles. The molecule has 2 fully saturated rings. The molecule has 0 spiro atoms. The summed E-state index contributed by atoms with van der Waals surface area (Å²) in [5, 5.41) is 18.5. The summed E-state index contributed by atoms with van der Waals surface area (Å²) >= 11 is 0. The lowest BCUT2D eigenvalue weighted by Gasteiger charge is -2.21. The molecule has 5 rings (SSSR count). The van der Waals surface area contributed by atoms with Gasteiger partial charge >= 0.3 is 0 Å². The Hall–Kier alpha value is -3.21. The molecular weight excluding hydrogens is 330 g/mol. The van der Waals surface area contributed by atoms with Crippen molar-refractivity contribution in [3.8, 4) is 17.3 Å². The predicted molar refractivity (Wildman–Crippen MR) is 92.9 cm³/mol. The summed E-state index contributed by atoms with van der Waals surface area (Å²) in [6.45, 7) is 0.532. The lowest BCUT2D eigenvalue weighted by atomic mass is 9.83. The van der Waals surface area contributed by atoms with Crippen molar-refractivity contribution in [2.75, 3.05) is 11.4 Å². The quantitative estimate of drug-likeness (QED) is 0.720. The molecule has 0 unspecified atom stereocenters. The highest BCUT2D eigenvalue weighted by Gasteiger charge is 2.57. The Morgan fingerprint density at radius 2 is 2.23 bits per heavy atom. The van der Waals surface area contributed by atoms with Crippen molar-refractivity contribution < 1.29 is 4.79 Å². The fourth-order valence-corrected chi connectivity index (χ4v) is 3.89. The van der Waals surface area contributed by atoms with E-state index in [1.54, 1.807) is 32.6 Å². The zero-order valence-corrected chi connectivity index (χ0v) is 14.3. The molecule has 0 aromatic carbocycles. The highest BCUT2D eigenvalue weighted by Crippen LogP contribution is 2.51. The van der Waals surface area contributed by atoms with Gasteiger partial charge in [-0.25, -0.2) is 4.98 Å². The Morgan fingerprint density at radius 3 is 2.92 bits per heavy atom. The van der Waals surface area contributed by atoms with Gasteiger partial charge in [-0.3, -0.25) is 14.4 Å². The van der Waals surface area contributed by atoms with E-state index in [4.69, 9.17) is 0 Å². The van der Waals surface area contributed by atoms with Gasteiger partial charge in [-0.1, -0.05) is 0 Å². The number of carbonyl (C=O) groups is 1. The van der Waals surface area contributed by atoms with Crippen LogP contribution in [0.25, 0.3) is 16.9 Å². The molecular formula is C18H17N7O. The van der Waals surface area contributed by atoms with E-state index >= 15 is 0 Å². The molecule has 0 radical (unpaired) electrons. The molecule has 1 amide bonds. The van der Waals surface area contributed by atoms with Crippen LogP contribution >= 0.6 is 0 Å². The number of aryl methyl sites for hydroxylation is 1. The first kappa shape index (κ1) is 15.1. The number of anilines is 1. The highest BCUT2D eigenvalue weighted by molar-refractivity contribution is 6.01. The molecule has 8 nitrogen and oxygen atoms in total. The van der Waals surface area contributed by atoms with Gasteiger partial charge in [0.05, 0.1) is 18.0 Å². The monoisotopic (exact) mass is 347 g/mol. The van der Waals surface area contributed by atoms with E-state index in [0.29, 0.717) is 24.4 Å². The van der Waals surface area contributed by atoms with Gasteiger partial charge in [-0.2, -0.15) is 20.0 Å². The minimum absolute atomic E-state index is 0.103. The molecule has 0 N–H and O–H groups in total. The van der Waals surface area contributed by atoms with Crippen molar-refractivity contribution in [3.63, 3.8) is 0 Å². The van der Waals surface area contributed by atoms with Gasteiger partial charge in [-0.05, 0) is 31.2 Å². The third-order valence-corrected chi connectivity index (χ3v) is 5.45. The number of carbonyl (C=O) groups excluding carboxylic acids is 1. The summed E-state index contributed by atoms with van der Waals surface area (Å²) in [6.07, 6.45) is 7.81. The van der Waals surface area contributed by atoms with Crippen LogP contribution < -0.4 is 4.90 Å². The molecule has 2 aliphatic rings. The zero-order chi connectivity index (χ0) is 17.9. The molecule has 1 aliphatic carbocycles. The van der Waals surface area contributed by atoms with Crippen LogP contribution in [-0.4, -0.2) is 36.8 Å². The van der Waals surface area contributed by atoms with Gasteiger partial charge in [0.15, 0.2) is 5.65 Å². The van der Waals surface area contributed by atoms with Crippen LogP contribution in [0.15, 0.2) is 30.7 Å². The average Bonchev–Trinajstić information content (AvgIpc) is 3.12. The number of nitrogens with zero attached hydrogens (tertiary/aromatic N) is 7. The summed E-state index contributed by atoms with van der Waals surface area (Å²) in [6, 6.07) is 5.98. The molecule has 1 atom stereocenters. The lowest BCUT2D eigenvalue weighted by molar-refractivity contribution is -0.123. The van der Waals surface area contributed by atoms with Crippen LogP contribution in [0, 0.1) is 22.7 Å². The predicted octanol–water partition coefficient (Wildman–Crippen LogP) is 1.79. The van der Waals surface area contributed by atoms with E-state index in [1.807, 2.05) is 19.3 Å². The third-order valence-electron chi connectivity index (χ3n) is 5.45. The van der Waals surface area contributed by atoms with E-state index in [9.17, 15) is 10.1 Å². The first-order valence-electron chi connectivity index (χ1n) is 8.69. The number of hydrogen-bond acceptors (Lipinski definition) is 5. The second-order valence-electron chi connectivity index (χ2n) is 7.07. The van der Waals surface area contributed by atoms with E-state index < -0.39 is 5.41 Å². The van der Waals surface area contributed by atoms with E-state index in [-0.39, 0.29) is 11.8 Å². The van der Waals surface area contributed by atoms with Crippen molar-refractivity contribution in [3.05, 3.63) is 30.7 Å². The molecule has 1 aliphatic heterocycles. The Kier molecular flexibility index (Phi) is 2.98. The van der Waals surface area contributed by atoms with Gasteiger partial charge in [0.2, 0.25) is 5.91 Å². The molecule has 8 heteroatoms. The number of fused-ring (bicyclic) bond motifs is 1. The maximum atomic E-state index is 13.1. The number of rotatable bonds is 3. The molecule has 1 saturated heterocycles. The van der Waals surface area contributed by atoms with Gasteiger partial charge in [0.1, 0.15) is 11.2 Å². The van der Waals surface area contributed by atoms with Crippen LogP contribution in [0.4, 0.5) is 5.82 Å². The Bertz CT molecular complexity index is 1070. The minimum atomic E-state index is -0.866. The fourth-order valence-electron chi connectivity index (χ4n) is 3.89. The van der Waals surface area contributed by atoms with Gasteiger partial charge in [0.25, 0.3) is 0 Å². The second kappa shape index (κ2) is 5.14. The lowest BCUT2D eigenvalue weighted by Crippen LogP contribution is -2.36. The topological polar surface area (TPSA) is 92.1 Å². The second-order valence-corrected chi connectivity index (χ2v) is 7.07. The summed E-state index contributed by atoms with van der Waals surface area (Å²) in [5.41, 5.74) is 1.43. The Labute approximate surface area is 149 Å². The van der Waals surface area contributed by atoms with Crippen LogP contribution in [0.2, 0.25) is 0 Å². The number of nitriles is 1. The molecule has 26 heavy (non-hydrogen) atoms. The molecule has 3 aromatic rings. The zero-order valence-electron chi connectivity index (χ0n) is 14.3. The molecule has 3 aromatic heterocycles. The van der Waals surface area contributed by atoms with E-state index in [0.717, 1.165) is 24.1 Å². The highest BCUT2D eigenvalue weighted by atomic mass is 16.2. The fraction of sp³-hybridized carbons (Fsp3) is 0.389. The van der Waals surface area contributed by atoms with Gasteiger partial charge in [-0.15, -0.1) is 0 Å². The smallest absolute Gasteiger partial charge is 0.248 e. The van der Waals surface area contributed by atoms with Crippen molar-refractivity contribution in [2.45, 2.75) is 19.3 Å². The minimum Gasteiger partial charge on any atom is -0.295 e. The number of aromatic nitrogens is 5. The standard InChI is InChI=1S/C18H17N7O/c1-23-10-12(9-21-23)14-8-15-20-6-4-16(25(15)22-14)24-7-5-18(11-19,17(24)26)13-2-3-13/h4,6,8-10,13H,2-3,5,7H2,1H3/t18-/m1/s1. The average molecular weight is 347 g/mol. The van der Waals surface area contributed by atoms with E-state index in [2.05, 4.69) is 21.3 Å². The Morgan fingerprint density at radius 1 is 1.38 bits per heavy atom. The summed E-state index contributed by atoms with van der Waals surface area (Å²) in [4.78, 5) is 19.1. The largest absolute Gasteiger partial charge is 0.295 e. The SMILES string of the molecule is Cn1cc(-c2cc3nccc(N4CC[C@@](C#N)(C5CC5)C4=O)n3n2)cn1.